The Morgan fingerprint density at radius 2 is 2.38 bits per heavy atom. The predicted octanol–water partition coefficient (Wildman–Crippen LogP) is 2.27. The van der Waals surface area contributed by atoms with E-state index in [4.69, 9.17) is 4.74 Å². The molecule has 0 aromatic carbocycles. The number of hydrogen-bond donors (Lipinski definition) is 0. The fourth-order valence-electron chi connectivity index (χ4n) is 1.87. The normalized spacial score (nSPS) is 24.9. The Labute approximate surface area is 89.8 Å². The van der Waals surface area contributed by atoms with Crippen LogP contribution >= 0.6 is 15.9 Å². The lowest BCUT2D eigenvalue weighted by molar-refractivity contribution is 0.00616. The Balaban J connectivity index is 2.16. The average Bonchev–Trinajstić information content (AvgIpc) is 2.16. The van der Waals surface area contributed by atoms with Crippen LogP contribution in [0, 0.1) is 0 Å². The van der Waals surface area contributed by atoms with Crippen molar-refractivity contribution in [3.05, 3.63) is 0 Å². The third-order valence-corrected chi connectivity index (χ3v) is 3.03. The summed E-state index contributed by atoms with van der Waals surface area (Å²) >= 11 is 3.46. The van der Waals surface area contributed by atoms with Crippen LogP contribution in [0.2, 0.25) is 0 Å². The second-order valence-corrected chi connectivity index (χ2v) is 4.36. The van der Waals surface area contributed by atoms with Crippen LogP contribution in [0.15, 0.2) is 0 Å². The minimum absolute atomic E-state index is 0.495. The third kappa shape index (κ3) is 4.43. The monoisotopic (exact) mass is 249 g/mol. The molecular formula is C10H20BrNO. The maximum Gasteiger partial charge on any atom is 0.0702 e. The first kappa shape index (κ1) is 11.5. The molecule has 1 unspecified atom stereocenters. The Hall–Kier alpha value is 0.400. The van der Waals surface area contributed by atoms with E-state index in [1.54, 1.807) is 0 Å². The smallest absolute Gasteiger partial charge is 0.0702 e. The fourth-order valence-corrected chi connectivity index (χ4v) is 2.12. The molecule has 1 saturated heterocycles. The van der Waals surface area contributed by atoms with Crippen molar-refractivity contribution in [2.75, 3.05) is 31.6 Å². The zero-order chi connectivity index (χ0) is 9.52. The lowest BCUT2D eigenvalue weighted by atomic mass is 10.1. The molecule has 1 heterocycles. The molecule has 1 fully saturated rings. The number of hydrogen-bond acceptors (Lipinski definition) is 2. The molecule has 0 amide bonds. The van der Waals surface area contributed by atoms with Crippen molar-refractivity contribution in [2.45, 2.75) is 32.3 Å². The van der Waals surface area contributed by atoms with E-state index in [1.807, 2.05) is 0 Å². The van der Waals surface area contributed by atoms with Crippen molar-refractivity contribution in [3.63, 3.8) is 0 Å². The molecule has 0 N–H and O–H groups in total. The van der Waals surface area contributed by atoms with Gasteiger partial charge in [0.1, 0.15) is 0 Å². The number of halogens is 1. The highest BCUT2D eigenvalue weighted by Gasteiger charge is 2.18. The van der Waals surface area contributed by atoms with Gasteiger partial charge in [-0.25, -0.2) is 0 Å². The molecule has 0 radical (unpaired) electrons. The number of nitrogens with zero attached hydrogens (tertiary/aromatic N) is 1. The molecule has 2 nitrogen and oxygen atoms in total. The molecule has 0 bridgehead atoms. The van der Waals surface area contributed by atoms with E-state index in [1.165, 1.54) is 32.4 Å². The number of alkyl halides is 1. The fraction of sp³-hybridized carbons (Fsp3) is 1.00. The molecule has 0 aromatic heterocycles. The van der Waals surface area contributed by atoms with Gasteiger partial charge in [0.25, 0.3) is 0 Å². The maximum absolute atomic E-state index is 5.64. The maximum atomic E-state index is 5.64. The van der Waals surface area contributed by atoms with E-state index < -0.39 is 0 Å². The number of likely N-dealkylation sites (tertiary alicyclic amines) is 1. The largest absolute Gasteiger partial charge is 0.377 e. The van der Waals surface area contributed by atoms with Gasteiger partial charge < -0.3 is 9.64 Å². The molecule has 0 aromatic rings. The van der Waals surface area contributed by atoms with Crippen LogP contribution in [0.3, 0.4) is 0 Å². The Morgan fingerprint density at radius 1 is 1.54 bits per heavy atom. The van der Waals surface area contributed by atoms with Gasteiger partial charge >= 0.3 is 0 Å². The minimum Gasteiger partial charge on any atom is -0.377 e. The van der Waals surface area contributed by atoms with Gasteiger partial charge in [-0.1, -0.05) is 15.9 Å². The van der Waals surface area contributed by atoms with Crippen molar-refractivity contribution in [1.29, 1.82) is 0 Å². The van der Waals surface area contributed by atoms with Crippen molar-refractivity contribution in [1.82, 2.24) is 4.90 Å². The van der Waals surface area contributed by atoms with Crippen molar-refractivity contribution >= 4 is 15.9 Å². The van der Waals surface area contributed by atoms with E-state index in [2.05, 4.69) is 27.8 Å². The SMILES string of the molecule is CCOC1CCCN(CCCBr)C1. The summed E-state index contributed by atoms with van der Waals surface area (Å²) in [7, 11) is 0. The first-order chi connectivity index (χ1) is 6.36. The summed E-state index contributed by atoms with van der Waals surface area (Å²) in [5.41, 5.74) is 0. The van der Waals surface area contributed by atoms with E-state index >= 15 is 0 Å². The van der Waals surface area contributed by atoms with Crippen LogP contribution in [0.5, 0.6) is 0 Å². The van der Waals surface area contributed by atoms with Crippen LogP contribution < -0.4 is 0 Å². The van der Waals surface area contributed by atoms with Crippen LogP contribution in [0.1, 0.15) is 26.2 Å². The zero-order valence-electron chi connectivity index (χ0n) is 8.47. The molecule has 1 rings (SSSR count). The van der Waals surface area contributed by atoms with Crippen molar-refractivity contribution in [2.24, 2.45) is 0 Å². The van der Waals surface area contributed by atoms with Gasteiger partial charge in [-0.3, -0.25) is 0 Å². The first-order valence-electron chi connectivity index (χ1n) is 5.26. The van der Waals surface area contributed by atoms with E-state index in [-0.39, 0.29) is 0 Å². The second-order valence-electron chi connectivity index (χ2n) is 3.56. The molecule has 1 aliphatic rings. The standard InChI is InChI=1S/C10H20BrNO/c1-2-13-10-5-3-7-12(9-10)8-4-6-11/h10H,2-9H2,1H3. The average molecular weight is 250 g/mol. The van der Waals surface area contributed by atoms with Gasteiger partial charge in [-0.15, -0.1) is 0 Å². The number of piperidine rings is 1. The van der Waals surface area contributed by atoms with Gasteiger partial charge in [0.05, 0.1) is 6.10 Å². The highest BCUT2D eigenvalue weighted by molar-refractivity contribution is 9.09. The number of ether oxygens (including phenoxy) is 1. The van der Waals surface area contributed by atoms with Crippen LogP contribution in [0.4, 0.5) is 0 Å². The summed E-state index contributed by atoms with van der Waals surface area (Å²) in [4.78, 5) is 2.52. The number of rotatable bonds is 5. The summed E-state index contributed by atoms with van der Waals surface area (Å²) < 4.78 is 5.64. The van der Waals surface area contributed by atoms with E-state index in [0.29, 0.717) is 6.10 Å². The molecule has 78 valence electrons. The Kier molecular flexibility index (Phi) is 6.00. The first-order valence-corrected chi connectivity index (χ1v) is 6.39. The van der Waals surface area contributed by atoms with Gasteiger partial charge in [-0.05, 0) is 39.3 Å². The minimum atomic E-state index is 0.495. The molecule has 1 atom stereocenters. The van der Waals surface area contributed by atoms with Crippen molar-refractivity contribution in [3.8, 4) is 0 Å². The Bertz CT molecular complexity index is 130. The van der Waals surface area contributed by atoms with Crippen molar-refractivity contribution < 1.29 is 4.74 Å². The second kappa shape index (κ2) is 6.80. The summed E-state index contributed by atoms with van der Waals surface area (Å²) in [6.45, 7) is 6.56. The van der Waals surface area contributed by atoms with Gasteiger partial charge in [-0.2, -0.15) is 0 Å². The quantitative estimate of drug-likeness (QED) is 0.694. The van der Waals surface area contributed by atoms with Gasteiger partial charge in [0.2, 0.25) is 0 Å². The molecule has 3 heteroatoms. The molecule has 13 heavy (non-hydrogen) atoms. The topological polar surface area (TPSA) is 12.5 Å². The lowest BCUT2D eigenvalue weighted by Gasteiger charge is -2.32. The summed E-state index contributed by atoms with van der Waals surface area (Å²) in [6.07, 6.45) is 4.29. The highest BCUT2D eigenvalue weighted by Crippen LogP contribution is 2.13. The van der Waals surface area contributed by atoms with E-state index in [9.17, 15) is 0 Å². The summed E-state index contributed by atoms with van der Waals surface area (Å²) in [5.74, 6) is 0. The molecule has 0 aliphatic carbocycles. The molecule has 1 aliphatic heterocycles. The van der Waals surface area contributed by atoms with E-state index in [0.717, 1.165) is 18.5 Å². The predicted molar refractivity (Wildman–Crippen MR) is 59.5 cm³/mol. The lowest BCUT2D eigenvalue weighted by Crippen LogP contribution is -2.40. The molecular weight excluding hydrogens is 230 g/mol. The van der Waals surface area contributed by atoms with Crippen LogP contribution in [-0.2, 0) is 4.74 Å². The highest BCUT2D eigenvalue weighted by atomic mass is 79.9. The molecule has 0 saturated carbocycles. The molecule has 0 spiro atoms. The van der Waals surface area contributed by atoms with Gasteiger partial charge in [0, 0.05) is 18.5 Å². The van der Waals surface area contributed by atoms with Crippen LogP contribution in [-0.4, -0.2) is 42.6 Å². The van der Waals surface area contributed by atoms with Crippen LogP contribution in [0.25, 0.3) is 0 Å². The summed E-state index contributed by atoms with van der Waals surface area (Å²) in [6, 6.07) is 0. The summed E-state index contributed by atoms with van der Waals surface area (Å²) in [5, 5.41) is 1.11. The van der Waals surface area contributed by atoms with Gasteiger partial charge in [0.15, 0.2) is 0 Å². The third-order valence-electron chi connectivity index (χ3n) is 2.47. The zero-order valence-corrected chi connectivity index (χ0v) is 10.1. The Morgan fingerprint density at radius 3 is 3.08 bits per heavy atom.